The van der Waals surface area contributed by atoms with Crippen LogP contribution in [0.4, 0.5) is 20.3 Å². The summed E-state index contributed by atoms with van der Waals surface area (Å²) in [6.07, 6.45) is 0. The lowest BCUT2D eigenvalue weighted by molar-refractivity contribution is -0.122. The molecule has 1 aliphatic heterocycles. The zero-order valence-electron chi connectivity index (χ0n) is 17.4. The predicted octanol–water partition coefficient (Wildman–Crippen LogP) is 2.16. The highest BCUT2D eigenvalue weighted by Gasteiger charge is 2.19. The van der Waals surface area contributed by atoms with Gasteiger partial charge in [-0.1, -0.05) is 18.2 Å². The second-order valence-corrected chi connectivity index (χ2v) is 7.51. The van der Waals surface area contributed by atoms with E-state index in [0.29, 0.717) is 24.5 Å². The molecule has 0 unspecified atom stereocenters. The number of carbonyl (C=O) groups excluding carboxylic acids is 1. The van der Waals surface area contributed by atoms with Gasteiger partial charge in [0.2, 0.25) is 5.91 Å². The van der Waals surface area contributed by atoms with Crippen LogP contribution in [0.3, 0.4) is 0 Å². The van der Waals surface area contributed by atoms with Crippen LogP contribution in [0.5, 0.6) is 0 Å². The van der Waals surface area contributed by atoms with Gasteiger partial charge in [0.1, 0.15) is 24.0 Å². The quantitative estimate of drug-likeness (QED) is 0.638. The van der Waals surface area contributed by atoms with Crippen LogP contribution in [0.1, 0.15) is 5.56 Å². The molecule has 2 heterocycles. The Morgan fingerprint density at radius 1 is 0.906 bits per heavy atom. The molecule has 166 valence electrons. The lowest BCUT2D eigenvalue weighted by atomic mass is 10.2. The van der Waals surface area contributed by atoms with E-state index < -0.39 is 11.7 Å². The summed E-state index contributed by atoms with van der Waals surface area (Å²) in [7, 11) is 0. The van der Waals surface area contributed by atoms with Crippen molar-refractivity contribution in [2.24, 2.45) is 0 Å². The molecule has 0 bridgehead atoms. The van der Waals surface area contributed by atoms with Gasteiger partial charge in [0.05, 0.1) is 0 Å². The van der Waals surface area contributed by atoms with Crippen molar-refractivity contribution in [3.8, 4) is 0 Å². The van der Waals surface area contributed by atoms with Gasteiger partial charge >= 0.3 is 0 Å². The molecule has 1 fully saturated rings. The van der Waals surface area contributed by atoms with Gasteiger partial charge in [0.15, 0.2) is 0 Å². The monoisotopic (exact) mass is 439 g/mol. The van der Waals surface area contributed by atoms with Crippen LogP contribution in [0.15, 0.2) is 65.5 Å². The van der Waals surface area contributed by atoms with Crippen molar-refractivity contribution in [2.45, 2.75) is 13.1 Å². The molecule has 9 heteroatoms. The minimum absolute atomic E-state index is 0.0330. The lowest BCUT2D eigenvalue weighted by Crippen LogP contribution is -2.47. The first-order valence-corrected chi connectivity index (χ1v) is 10.3. The molecule has 0 spiro atoms. The fourth-order valence-corrected chi connectivity index (χ4v) is 3.59. The minimum atomic E-state index is -0.430. The van der Waals surface area contributed by atoms with E-state index in [1.54, 1.807) is 36.4 Å². The molecule has 0 atom stereocenters. The number of anilines is 2. The predicted molar refractivity (Wildman–Crippen MR) is 118 cm³/mol. The molecule has 7 nitrogen and oxygen atoms in total. The second-order valence-electron chi connectivity index (χ2n) is 7.51. The molecule has 3 aromatic rings. The van der Waals surface area contributed by atoms with Crippen molar-refractivity contribution in [3.63, 3.8) is 0 Å². The van der Waals surface area contributed by atoms with E-state index in [0.717, 1.165) is 23.5 Å². The molecule has 1 aromatic heterocycles. The number of nitrogens with one attached hydrogen (secondary N) is 1. The average molecular weight is 439 g/mol. The minimum Gasteiger partial charge on any atom is -0.368 e. The maximum atomic E-state index is 13.7. The van der Waals surface area contributed by atoms with Crippen LogP contribution in [0, 0.1) is 11.6 Å². The summed E-state index contributed by atoms with van der Waals surface area (Å²) in [6.45, 7) is 2.55. The number of rotatable bonds is 6. The van der Waals surface area contributed by atoms with Crippen LogP contribution in [-0.4, -0.2) is 41.9 Å². The van der Waals surface area contributed by atoms with Crippen molar-refractivity contribution >= 4 is 17.4 Å². The normalized spacial score (nSPS) is 13.8. The molecule has 32 heavy (non-hydrogen) atoms. The fraction of sp³-hybridized carbons (Fsp3) is 0.261. The Morgan fingerprint density at radius 2 is 1.59 bits per heavy atom. The molecule has 0 radical (unpaired) electrons. The Morgan fingerprint density at radius 3 is 2.31 bits per heavy atom. The number of amides is 1. The van der Waals surface area contributed by atoms with Gasteiger partial charge in [-0.25, -0.2) is 13.5 Å². The number of nitrogens with zero attached hydrogens (tertiary/aromatic N) is 4. The van der Waals surface area contributed by atoms with Gasteiger partial charge in [0, 0.05) is 50.0 Å². The molecule has 4 rings (SSSR count). The Kier molecular flexibility index (Phi) is 6.44. The number of piperazine rings is 1. The van der Waals surface area contributed by atoms with E-state index in [-0.39, 0.29) is 24.5 Å². The highest BCUT2D eigenvalue weighted by Crippen LogP contribution is 2.19. The van der Waals surface area contributed by atoms with Crippen molar-refractivity contribution < 1.29 is 13.6 Å². The summed E-state index contributed by atoms with van der Waals surface area (Å²) in [6, 6.07) is 15.6. The summed E-state index contributed by atoms with van der Waals surface area (Å²) in [4.78, 5) is 28.7. The molecule has 0 aliphatic carbocycles. The molecular weight excluding hydrogens is 416 g/mol. The smallest absolute Gasteiger partial charge is 0.267 e. The van der Waals surface area contributed by atoms with E-state index in [9.17, 15) is 18.4 Å². The highest BCUT2D eigenvalue weighted by molar-refractivity contribution is 5.75. The van der Waals surface area contributed by atoms with Gasteiger partial charge < -0.3 is 15.1 Å². The number of hydrogen-bond donors (Lipinski definition) is 1. The number of aromatic nitrogens is 2. The molecular formula is C23H23F2N5O2. The van der Waals surface area contributed by atoms with Crippen LogP contribution in [0.2, 0.25) is 0 Å². The maximum Gasteiger partial charge on any atom is 0.267 e. The Balaban J connectivity index is 1.36. The van der Waals surface area contributed by atoms with Crippen molar-refractivity contribution in [3.05, 3.63) is 88.2 Å². The van der Waals surface area contributed by atoms with E-state index in [1.807, 2.05) is 4.90 Å². The third-order valence-electron chi connectivity index (χ3n) is 5.38. The fourth-order valence-electron chi connectivity index (χ4n) is 3.59. The van der Waals surface area contributed by atoms with Gasteiger partial charge in [-0.2, -0.15) is 5.10 Å². The van der Waals surface area contributed by atoms with Crippen LogP contribution in [-0.2, 0) is 17.9 Å². The zero-order chi connectivity index (χ0) is 22.5. The largest absolute Gasteiger partial charge is 0.368 e. The Bertz CT molecular complexity index is 1140. The van der Waals surface area contributed by atoms with Gasteiger partial charge in [-0.15, -0.1) is 0 Å². The highest BCUT2D eigenvalue weighted by atomic mass is 19.1. The first kappa shape index (κ1) is 21.5. The van der Waals surface area contributed by atoms with E-state index in [1.165, 1.54) is 24.3 Å². The third kappa shape index (κ3) is 5.11. The molecule has 1 saturated heterocycles. The second kappa shape index (κ2) is 9.59. The van der Waals surface area contributed by atoms with Crippen LogP contribution in [0.25, 0.3) is 0 Å². The van der Waals surface area contributed by atoms with E-state index in [2.05, 4.69) is 15.3 Å². The maximum absolute atomic E-state index is 13.7. The first-order chi connectivity index (χ1) is 15.5. The average Bonchev–Trinajstić information content (AvgIpc) is 2.81. The molecule has 1 amide bonds. The van der Waals surface area contributed by atoms with E-state index >= 15 is 0 Å². The number of hydrogen-bond acceptors (Lipinski definition) is 5. The van der Waals surface area contributed by atoms with Gasteiger partial charge in [-0.3, -0.25) is 9.59 Å². The number of carbonyl (C=O) groups is 1. The summed E-state index contributed by atoms with van der Waals surface area (Å²) < 4.78 is 28.0. The summed E-state index contributed by atoms with van der Waals surface area (Å²) in [5, 5.41) is 6.96. The molecule has 1 aliphatic rings. The summed E-state index contributed by atoms with van der Waals surface area (Å²) >= 11 is 0. The molecule has 1 N–H and O–H groups in total. The number of benzene rings is 2. The zero-order valence-corrected chi connectivity index (χ0v) is 17.4. The third-order valence-corrected chi connectivity index (χ3v) is 5.38. The lowest BCUT2D eigenvalue weighted by Gasteiger charge is -2.36. The van der Waals surface area contributed by atoms with Crippen LogP contribution < -0.4 is 20.7 Å². The Hall–Kier alpha value is -3.75. The SMILES string of the molecule is O=C(Cn1nc(N2CCN(c3ccc(F)cc3)CC2)ccc1=O)NCc1ccccc1F. The molecule has 0 saturated carbocycles. The summed E-state index contributed by atoms with van der Waals surface area (Å²) in [5.74, 6) is -0.493. The first-order valence-electron chi connectivity index (χ1n) is 10.3. The topological polar surface area (TPSA) is 70.5 Å². The van der Waals surface area contributed by atoms with Gasteiger partial charge in [-0.05, 0) is 36.4 Å². The molecule has 2 aromatic carbocycles. The number of halogens is 2. The Labute approximate surface area is 183 Å². The summed E-state index contributed by atoms with van der Waals surface area (Å²) in [5.41, 5.74) is 0.934. The standard InChI is InChI=1S/C23H23F2N5O2/c24-18-5-7-19(8-6-18)28-11-13-29(14-12-28)21-9-10-23(32)30(27-21)16-22(31)26-15-17-3-1-2-4-20(17)25/h1-10H,11-16H2,(H,26,31). The van der Waals surface area contributed by atoms with Crippen molar-refractivity contribution in [1.82, 2.24) is 15.1 Å². The van der Waals surface area contributed by atoms with Gasteiger partial charge in [0.25, 0.3) is 5.56 Å². The van der Waals surface area contributed by atoms with Crippen molar-refractivity contribution in [1.29, 1.82) is 0 Å². The van der Waals surface area contributed by atoms with Crippen LogP contribution >= 0.6 is 0 Å². The van der Waals surface area contributed by atoms with Crippen molar-refractivity contribution in [2.75, 3.05) is 36.0 Å². The van der Waals surface area contributed by atoms with E-state index in [4.69, 9.17) is 0 Å².